The highest BCUT2D eigenvalue weighted by molar-refractivity contribution is 5.31. The van der Waals surface area contributed by atoms with Crippen LogP contribution in [0.2, 0.25) is 0 Å². The average Bonchev–Trinajstić information content (AvgIpc) is 2.40. The fraction of sp³-hybridized carbons (Fsp3) is 0.625. The van der Waals surface area contributed by atoms with Crippen LogP contribution in [0.25, 0.3) is 0 Å². The van der Waals surface area contributed by atoms with E-state index >= 15 is 0 Å². The van der Waals surface area contributed by atoms with Crippen LogP contribution in [0.5, 0.6) is 5.75 Å². The molecule has 2 N–H and O–H groups in total. The van der Waals surface area contributed by atoms with Crippen molar-refractivity contribution in [3.05, 3.63) is 29.8 Å². The number of methoxy groups -OCH3 is 1. The smallest absolute Gasteiger partial charge is 0.119 e. The zero-order valence-corrected chi connectivity index (χ0v) is 11.6. The number of ether oxygens (including phenoxy) is 1. The molecule has 0 aliphatic heterocycles. The van der Waals surface area contributed by atoms with Gasteiger partial charge in [0.2, 0.25) is 0 Å². The van der Waals surface area contributed by atoms with Crippen LogP contribution < -0.4 is 10.5 Å². The Hall–Kier alpha value is -1.02. The lowest BCUT2D eigenvalue weighted by Crippen LogP contribution is -2.26. The lowest BCUT2D eigenvalue weighted by molar-refractivity contribution is 0.247. The predicted octanol–water partition coefficient (Wildman–Crippen LogP) is 3.56. The van der Waals surface area contributed by atoms with Crippen LogP contribution in [-0.2, 0) is 0 Å². The van der Waals surface area contributed by atoms with E-state index in [-0.39, 0.29) is 0 Å². The highest BCUT2D eigenvalue weighted by Gasteiger charge is 2.27. The number of hydrogen-bond acceptors (Lipinski definition) is 2. The van der Waals surface area contributed by atoms with Crippen molar-refractivity contribution in [2.45, 2.75) is 38.5 Å². The summed E-state index contributed by atoms with van der Waals surface area (Å²) >= 11 is 0. The van der Waals surface area contributed by atoms with Crippen molar-refractivity contribution < 1.29 is 4.74 Å². The van der Waals surface area contributed by atoms with Gasteiger partial charge in [0.15, 0.2) is 0 Å². The largest absolute Gasteiger partial charge is 0.497 e. The van der Waals surface area contributed by atoms with Crippen molar-refractivity contribution in [1.82, 2.24) is 0 Å². The molecule has 18 heavy (non-hydrogen) atoms. The molecule has 0 heterocycles. The number of hydrogen-bond donors (Lipinski definition) is 1. The molecule has 1 aliphatic rings. The van der Waals surface area contributed by atoms with Gasteiger partial charge < -0.3 is 10.5 Å². The van der Waals surface area contributed by atoms with Crippen molar-refractivity contribution in [2.24, 2.45) is 17.6 Å². The van der Waals surface area contributed by atoms with Gasteiger partial charge in [0.25, 0.3) is 0 Å². The fourth-order valence-corrected chi connectivity index (χ4v) is 3.32. The fourth-order valence-electron chi connectivity index (χ4n) is 3.32. The third-order valence-corrected chi connectivity index (χ3v) is 4.32. The topological polar surface area (TPSA) is 35.2 Å². The van der Waals surface area contributed by atoms with Gasteiger partial charge in [0.1, 0.15) is 5.75 Å². The minimum Gasteiger partial charge on any atom is -0.497 e. The summed E-state index contributed by atoms with van der Waals surface area (Å²) in [6.07, 6.45) is 5.38. The first-order chi connectivity index (χ1) is 8.74. The van der Waals surface area contributed by atoms with Gasteiger partial charge in [0, 0.05) is 0 Å². The molecule has 0 saturated heterocycles. The summed E-state index contributed by atoms with van der Waals surface area (Å²) in [6.45, 7) is 3.11. The number of benzene rings is 1. The summed E-state index contributed by atoms with van der Waals surface area (Å²) in [7, 11) is 1.72. The van der Waals surface area contributed by atoms with E-state index in [0.29, 0.717) is 5.92 Å². The van der Waals surface area contributed by atoms with Gasteiger partial charge in [-0.2, -0.15) is 0 Å². The van der Waals surface area contributed by atoms with Gasteiger partial charge in [-0.25, -0.2) is 0 Å². The van der Waals surface area contributed by atoms with Crippen molar-refractivity contribution in [3.63, 3.8) is 0 Å². The van der Waals surface area contributed by atoms with Crippen LogP contribution in [-0.4, -0.2) is 13.7 Å². The average molecular weight is 247 g/mol. The molecular formula is C16H25NO. The Morgan fingerprint density at radius 2 is 2.22 bits per heavy atom. The first-order valence-electron chi connectivity index (χ1n) is 7.08. The first-order valence-corrected chi connectivity index (χ1v) is 7.08. The SMILES string of the molecule is COc1cccc(C(CN)C2CCCC(C)C2)c1. The lowest BCUT2D eigenvalue weighted by atomic mass is 9.73. The van der Waals surface area contributed by atoms with E-state index in [1.54, 1.807) is 7.11 Å². The Bertz CT molecular complexity index is 377. The maximum Gasteiger partial charge on any atom is 0.119 e. The molecule has 3 atom stereocenters. The molecular weight excluding hydrogens is 222 g/mol. The van der Waals surface area contributed by atoms with E-state index in [2.05, 4.69) is 25.1 Å². The second-order valence-electron chi connectivity index (χ2n) is 5.65. The zero-order chi connectivity index (χ0) is 13.0. The standard InChI is InChI=1S/C16H25NO/c1-12-5-3-6-13(9-12)16(11-17)14-7-4-8-15(10-14)18-2/h4,7-8,10,12-13,16H,3,5-6,9,11,17H2,1-2H3. The van der Waals surface area contributed by atoms with E-state index in [9.17, 15) is 0 Å². The first kappa shape index (κ1) is 13.4. The maximum atomic E-state index is 6.03. The molecule has 2 rings (SSSR count). The summed E-state index contributed by atoms with van der Waals surface area (Å²) in [5.74, 6) is 3.02. The van der Waals surface area contributed by atoms with Gasteiger partial charge in [-0.05, 0) is 54.8 Å². The zero-order valence-electron chi connectivity index (χ0n) is 11.6. The molecule has 1 aromatic rings. The van der Waals surface area contributed by atoms with Crippen LogP contribution in [0.1, 0.15) is 44.1 Å². The molecule has 1 aromatic carbocycles. The molecule has 0 radical (unpaired) electrons. The molecule has 0 bridgehead atoms. The molecule has 0 amide bonds. The van der Waals surface area contributed by atoms with Crippen LogP contribution >= 0.6 is 0 Å². The number of rotatable bonds is 4. The maximum absolute atomic E-state index is 6.03. The Balaban J connectivity index is 2.16. The molecule has 1 aliphatic carbocycles. The molecule has 1 fully saturated rings. The molecule has 3 unspecified atom stereocenters. The van der Waals surface area contributed by atoms with Crippen LogP contribution in [0.3, 0.4) is 0 Å². The van der Waals surface area contributed by atoms with E-state index < -0.39 is 0 Å². The van der Waals surface area contributed by atoms with Crippen molar-refractivity contribution >= 4 is 0 Å². The Morgan fingerprint density at radius 3 is 2.89 bits per heavy atom. The van der Waals surface area contributed by atoms with Gasteiger partial charge in [-0.15, -0.1) is 0 Å². The van der Waals surface area contributed by atoms with Gasteiger partial charge in [-0.1, -0.05) is 31.9 Å². The van der Waals surface area contributed by atoms with Crippen molar-refractivity contribution in [2.75, 3.05) is 13.7 Å². The van der Waals surface area contributed by atoms with Crippen molar-refractivity contribution in [3.8, 4) is 5.75 Å². The highest BCUT2D eigenvalue weighted by Crippen LogP contribution is 2.38. The normalized spacial score (nSPS) is 25.7. The summed E-state index contributed by atoms with van der Waals surface area (Å²) in [5, 5.41) is 0. The van der Waals surface area contributed by atoms with Crippen LogP contribution in [0.15, 0.2) is 24.3 Å². The summed E-state index contributed by atoms with van der Waals surface area (Å²) < 4.78 is 5.32. The van der Waals surface area contributed by atoms with E-state index in [0.717, 1.165) is 24.1 Å². The third-order valence-electron chi connectivity index (χ3n) is 4.32. The summed E-state index contributed by atoms with van der Waals surface area (Å²) in [5.41, 5.74) is 7.38. The Kier molecular flexibility index (Phi) is 4.65. The second-order valence-corrected chi connectivity index (χ2v) is 5.65. The minimum atomic E-state index is 0.489. The van der Waals surface area contributed by atoms with Gasteiger partial charge in [-0.3, -0.25) is 0 Å². The van der Waals surface area contributed by atoms with Crippen molar-refractivity contribution in [1.29, 1.82) is 0 Å². The second kappa shape index (κ2) is 6.24. The van der Waals surface area contributed by atoms with Crippen LogP contribution in [0.4, 0.5) is 0 Å². The monoisotopic (exact) mass is 247 g/mol. The molecule has 2 nitrogen and oxygen atoms in total. The van der Waals surface area contributed by atoms with Crippen LogP contribution in [0, 0.1) is 11.8 Å². The molecule has 1 saturated carbocycles. The van der Waals surface area contributed by atoms with E-state index in [1.807, 2.05) is 6.07 Å². The Morgan fingerprint density at radius 1 is 1.39 bits per heavy atom. The molecule has 0 spiro atoms. The van der Waals surface area contributed by atoms with Gasteiger partial charge in [0.05, 0.1) is 7.11 Å². The summed E-state index contributed by atoms with van der Waals surface area (Å²) in [4.78, 5) is 0. The highest BCUT2D eigenvalue weighted by atomic mass is 16.5. The van der Waals surface area contributed by atoms with E-state index in [4.69, 9.17) is 10.5 Å². The third kappa shape index (κ3) is 3.05. The minimum absolute atomic E-state index is 0.489. The lowest BCUT2D eigenvalue weighted by Gasteiger charge is -2.33. The molecule has 0 aromatic heterocycles. The molecule has 100 valence electrons. The van der Waals surface area contributed by atoms with E-state index in [1.165, 1.54) is 31.2 Å². The Labute approximate surface area is 111 Å². The number of nitrogens with two attached hydrogens (primary N) is 1. The van der Waals surface area contributed by atoms with Gasteiger partial charge >= 0.3 is 0 Å². The predicted molar refractivity (Wildman–Crippen MR) is 75.9 cm³/mol. The quantitative estimate of drug-likeness (QED) is 0.883. The molecule has 2 heteroatoms. The summed E-state index contributed by atoms with van der Waals surface area (Å²) in [6, 6.07) is 8.42.